The average molecular weight is 411 g/mol. The van der Waals surface area contributed by atoms with E-state index >= 15 is 0 Å². The van der Waals surface area contributed by atoms with E-state index in [0.29, 0.717) is 28.6 Å². The largest absolute Gasteiger partial charge is 0.356 e. The Balaban J connectivity index is 1.78. The normalized spacial score (nSPS) is 16.4. The highest BCUT2D eigenvalue weighted by Gasteiger charge is 2.30. The van der Waals surface area contributed by atoms with Crippen molar-refractivity contribution in [1.29, 1.82) is 0 Å². The molecule has 1 aromatic heterocycles. The lowest BCUT2D eigenvalue weighted by Crippen LogP contribution is -2.43. The molecular formula is C23H27ClN4O. The van der Waals surface area contributed by atoms with Crippen LogP contribution in [-0.2, 0) is 0 Å². The zero-order chi connectivity index (χ0) is 20.8. The van der Waals surface area contributed by atoms with E-state index in [1.54, 1.807) is 4.57 Å². The van der Waals surface area contributed by atoms with Crippen molar-refractivity contribution in [2.75, 3.05) is 24.5 Å². The predicted octanol–water partition coefficient (Wildman–Crippen LogP) is 4.22. The molecule has 1 aliphatic rings. The fourth-order valence-corrected chi connectivity index (χ4v) is 4.47. The van der Waals surface area contributed by atoms with E-state index in [9.17, 15) is 4.79 Å². The van der Waals surface area contributed by atoms with Gasteiger partial charge in [0, 0.05) is 18.5 Å². The van der Waals surface area contributed by atoms with Gasteiger partial charge in [0.2, 0.25) is 0 Å². The molecule has 0 spiro atoms. The summed E-state index contributed by atoms with van der Waals surface area (Å²) < 4.78 is 1.63. The van der Waals surface area contributed by atoms with Crippen LogP contribution in [0.1, 0.15) is 31.2 Å². The molecular weight excluding hydrogens is 384 g/mol. The van der Waals surface area contributed by atoms with Crippen molar-refractivity contribution < 1.29 is 0 Å². The molecule has 29 heavy (non-hydrogen) atoms. The Hall–Kier alpha value is -2.37. The smallest absolute Gasteiger partial charge is 0.263 e. The van der Waals surface area contributed by atoms with Crippen LogP contribution in [0.25, 0.3) is 16.5 Å². The minimum Gasteiger partial charge on any atom is -0.356 e. The van der Waals surface area contributed by atoms with Crippen LogP contribution in [0.4, 0.5) is 5.82 Å². The fraction of sp³-hybridized carbons (Fsp3) is 0.391. The molecule has 4 rings (SSSR count). The molecule has 0 saturated carbocycles. The highest BCUT2D eigenvalue weighted by atomic mass is 35.5. The Bertz CT molecular complexity index is 1130. The van der Waals surface area contributed by atoms with Crippen LogP contribution in [0.5, 0.6) is 0 Å². The Morgan fingerprint density at radius 2 is 1.83 bits per heavy atom. The number of aryl methyl sites for hydroxylation is 1. The van der Waals surface area contributed by atoms with E-state index in [1.165, 1.54) is 0 Å². The Morgan fingerprint density at radius 3 is 2.52 bits per heavy atom. The zero-order valence-corrected chi connectivity index (χ0v) is 18.0. The summed E-state index contributed by atoms with van der Waals surface area (Å²) in [5.74, 6) is 1.42. The van der Waals surface area contributed by atoms with E-state index in [-0.39, 0.29) is 11.0 Å². The minimum absolute atomic E-state index is 0.0724. The number of halogens is 1. The van der Waals surface area contributed by atoms with E-state index in [0.717, 1.165) is 42.5 Å². The van der Waals surface area contributed by atoms with Gasteiger partial charge >= 0.3 is 0 Å². The van der Waals surface area contributed by atoms with Crippen molar-refractivity contribution in [2.24, 2.45) is 11.1 Å². The summed E-state index contributed by atoms with van der Waals surface area (Å²) in [6, 6.07) is 11.8. The molecule has 0 amide bonds. The van der Waals surface area contributed by atoms with Gasteiger partial charge in [-0.3, -0.25) is 9.36 Å². The molecule has 2 aromatic carbocycles. The summed E-state index contributed by atoms with van der Waals surface area (Å²) in [6.07, 6.45) is 2.01. The van der Waals surface area contributed by atoms with E-state index in [2.05, 4.69) is 11.8 Å². The lowest BCUT2D eigenvalue weighted by molar-refractivity contribution is 0.257. The Kier molecular flexibility index (Phi) is 5.13. The number of anilines is 1. The number of fused-ring (bicyclic) bond motifs is 1. The molecule has 2 N–H and O–H groups in total. The zero-order valence-electron chi connectivity index (χ0n) is 17.2. The highest BCUT2D eigenvalue weighted by Crippen LogP contribution is 2.33. The maximum Gasteiger partial charge on any atom is 0.263 e. The van der Waals surface area contributed by atoms with Crippen molar-refractivity contribution in [1.82, 2.24) is 9.55 Å². The van der Waals surface area contributed by atoms with Gasteiger partial charge in [-0.15, -0.1) is 0 Å². The van der Waals surface area contributed by atoms with E-state index < -0.39 is 0 Å². The van der Waals surface area contributed by atoms with Gasteiger partial charge in [0.15, 0.2) is 0 Å². The quantitative estimate of drug-likeness (QED) is 0.702. The summed E-state index contributed by atoms with van der Waals surface area (Å²) in [4.78, 5) is 20.4. The molecule has 152 valence electrons. The second kappa shape index (κ2) is 7.47. The van der Waals surface area contributed by atoms with Crippen molar-refractivity contribution >= 4 is 28.2 Å². The molecule has 0 unspecified atom stereocenters. The Labute approximate surface area is 176 Å². The molecule has 2 heterocycles. The fourth-order valence-electron chi connectivity index (χ4n) is 4.15. The van der Waals surface area contributed by atoms with Crippen molar-refractivity contribution in [3.05, 3.63) is 63.2 Å². The number of benzene rings is 2. The van der Waals surface area contributed by atoms with Crippen LogP contribution in [0.2, 0.25) is 5.02 Å². The van der Waals surface area contributed by atoms with Crippen LogP contribution >= 0.6 is 11.6 Å². The van der Waals surface area contributed by atoms with Crippen LogP contribution in [0, 0.1) is 19.3 Å². The minimum atomic E-state index is -0.0724. The summed E-state index contributed by atoms with van der Waals surface area (Å²) in [5, 5.41) is 2.54. The molecule has 1 fully saturated rings. The standard InChI is InChI=1S/C23H27ClN4O/c1-15-21(27-12-10-23(3,14-25)11-13-27)26-16(2)28(22(15)29)19-9-8-17-6-4-5-7-18(17)20(19)24/h4-9H,10-14,25H2,1-3H3. The summed E-state index contributed by atoms with van der Waals surface area (Å²) in [6.45, 7) is 8.36. The first-order valence-electron chi connectivity index (χ1n) is 10.1. The van der Waals surface area contributed by atoms with Gasteiger partial charge in [0.1, 0.15) is 11.6 Å². The summed E-state index contributed by atoms with van der Waals surface area (Å²) in [5.41, 5.74) is 7.36. The van der Waals surface area contributed by atoms with Gasteiger partial charge in [0.25, 0.3) is 5.56 Å². The topological polar surface area (TPSA) is 64.2 Å². The molecule has 6 heteroatoms. The Morgan fingerprint density at radius 1 is 1.14 bits per heavy atom. The van der Waals surface area contributed by atoms with Gasteiger partial charge in [-0.05, 0) is 50.1 Å². The first-order valence-corrected chi connectivity index (χ1v) is 10.5. The number of piperidine rings is 1. The number of hydrogen-bond donors (Lipinski definition) is 1. The second-order valence-corrected chi connectivity index (χ2v) is 8.75. The molecule has 1 aliphatic heterocycles. The third-order valence-electron chi connectivity index (χ3n) is 6.30. The number of rotatable bonds is 3. The lowest BCUT2D eigenvalue weighted by atomic mass is 9.80. The maximum absolute atomic E-state index is 13.3. The third kappa shape index (κ3) is 3.43. The average Bonchev–Trinajstić information content (AvgIpc) is 2.73. The van der Waals surface area contributed by atoms with Gasteiger partial charge in [-0.1, -0.05) is 48.9 Å². The molecule has 0 atom stereocenters. The van der Waals surface area contributed by atoms with Gasteiger partial charge in [-0.25, -0.2) is 4.98 Å². The van der Waals surface area contributed by atoms with Crippen molar-refractivity contribution in [3.63, 3.8) is 0 Å². The molecule has 0 radical (unpaired) electrons. The van der Waals surface area contributed by atoms with Gasteiger partial charge in [0.05, 0.1) is 16.3 Å². The van der Waals surface area contributed by atoms with E-state index in [1.807, 2.05) is 50.2 Å². The highest BCUT2D eigenvalue weighted by molar-refractivity contribution is 6.37. The third-order valence-corrected chi connectivity index (χ3v) is 6.69. The lowest BCUT2D eigenvalue weighted by Gasteiger charge is -2.39. The monoisotopic (exact) mass is 410 g/mol. The number of aromatic nitrogens is 2. The number of nitrogens with zero attached hydrogens (tertiary/aromatic N) is 3. The first kappa shape index (κ1) is 19.9. The van der Waals surface area contributed by atoms with Crippen molar-refractivity contribution in [2.45, 2.75) is 33.6 Å². The van der Waals surface area contributed by atoms with Crippen LogP contribution in [-0.4, -0.2) is 29.2 Å². The summed E-state index contributed by atoms with van der Waals surface area (Å²) >= 11 is 6.70. The van der Waals surface area contributed by atoms with E-state index in [4.69, 9.17) is 22.3 Å². The number of nitrogens with two attached hydrogens (primary N) is 1. The summed E-state index contributed by atoms with van der Waals surface area (Å²) in [7, 11) is 0. The molecule has 1 saturated heterocycles. The first-order chi connectivity index (χ1) is 13.8. The van der Waals surface area contributed by atoms with Crippen molar-refractivity contribution in [3.8, 4) is 5.69 Å². The van der Waals surface area contributed by atoms with Gasteiger partial charge in [-0.2, -0.15) is 0 Å². The van der Waals surface area contributed by atoms with Gasteiger partial charge < -0.3 is 10.6 Å². The van der Waals surface area contributed by atoms with Crippen LogP contribution in [0.3, 0.4) is 0 Å². The molecule has 5 nitrogen and oxygen atoms in total. The SMILES string of the molecule is Cc1c(N2CCC(C)(CN)CC2)nc(C)n(-c2ccc3ccccc3c2Cl)c1=O. The van der Waals surface area contributed by atoms with Crippen LogP contribution in [0.15, 0.2) is 41.2 Å². The van der Waals surface area contributed by atoms with Crippen LogP contribution < -0.4 is 16.2 Å². The maximum atomic E-state index is 13.3. The molecule has 0 aliphatic carbocycles. The number of hydrogen-bond acceptors (Lipinski definition) is 4. The second-order valence-electron chi connectivity index (χ2n) is 8.37. The molecule has 0 bridgehead atoms. The predicted molar refractivity (Wildman–Crippen MR) is 120 cm³/mol. The molecule has 3 aromatic rings.